The number of ether oxygens (including phenoxy) is 1. The standard InChI is InChI=1S/C15H17BrN2O2/c1-10(2)9-20-14-6-4-3-5-12(14)18-15(19)13-7-11(16)8-17-13/h3-8,10,17H,9H2,1-2H3,(H,18,19). The summed E-state index contributed by atoms with van der Waals surface area (Å²) in [6, 6.07) is 9.15. The lowest BCUT2D eigenvalue weighted by Gasteiger charge is -2.13. The Morgan fingerprint density at radius 1 is 1.40 bits per heavy atom. The molecular formula is C15H17BrN2O2. The van der Waals surface area contributed by atoms with Crippen molar-refractivity contribution in [1.82, 2.24) is 4.98 Å². The van der Waals surface area contributed by atoms with Crippen molar-refractivity contribution in [2.75, 3.05) is 11.9 Å². The first kappa shape index (κ1) is 14.7. The molecule has 0 aliphatic carbocycles. The van der Waals surface area contributed by atoms with Crippen LogP contribution in [0.4, 0.5) is 5.69 Å². The number of halogens is 1. The smallest absolute Gasteiger partial charge is 0.272 e. The number of aromatic amines is 1. The van der Waals surface area contributed by atoms with E-state index in [1.54, 1.807) is 12.3 Å². The van der Waals surface area contributed by atoms with Gasteiger partial charge in [0.25, 0.3) is 5.91 Å². The van der Waals surface area contributed by atoms with Gasteiger partial charge in [0.2, 0.25) is 0 Å². The molecule has 0 fully saturated rings. The molecule has 20 heavy (non-hydrogen) atoms. The Labute approximate surface area is 126 Å². The maximum absolute atomic E-state index is 12.1. The molecule has 1 aromatic heterocycles. The van der Waals surface area contributed by atoms with Gasteiger partial charge in [-0.05, 0) is 40.0 Å². The lowest BCUT2D eigenvalue weighted by Crippen LogP contribution is -2.14. The maximum atomic E-state index is 12.1. The van der Waals surface area contributed by atoms with E-state index in [-0.39, 0.29) is 5.91 Å². The summed E-state index contributed by atoms with van der Waals surface area (Å²) < 4.78 is 6.55. The number of amides is 1. The van der Waals surface area contributed by atoms with Crippen LogP contribution in [-0.4, -0.2) is 17.5 Å². The van der Waals surface area contributed by atoms with Gasteiger partial charge < -0.3 is 15.0 Å². The van der Waals surface area contributed by atoms with E-state index in [1.807, 2.05) is 24.3 Å². The molecular weight excluding hydrogens is 320 g/mol. The molecule has 0 unspecified atom stereocenters. The van der Waals surface area contributed by atoms with E-state index in [1.165, 1.54) is 0 Å². The van der Waals surface area contributed by atoms with E-state index < -0.39 is 0 Å². The Balaban J connectivity index is 2.10. The molecule has 0 saturated carbocycles. The van der Waals surface area contributed by atoms with Gasteiger partial charge in [0, 0.05) is 10.7 Å². The lowest BCUT2D eigenvalue weighted by molar-refractivity contribution is 0.102. The molecule has 1 aromatic carbocycles. The average molecular weight is 337 g/mol. The number of benzene rings is 1. The van der Waals surface area contributed by atoms with Crippen LogP contribution in [0.15, 0.2) is 41.0 Å². The Morgan fingerprint density at radius 2 is 2.15 bits per heavy atom. The molecule has 1 heterocycles. The van der Waals surface area contributed by atoms with Crippen LogP contribution in [0.2, 0.25) is 0 Å². The summed E-state index contributed by atoms with van der Waals surface area (Å²) in [6.07, 6.45) is 1.72. The van der Waals surface area contributed by atoms with Crippen molar-refractivity contribution in [3.8, 4) is 5.75 Å². The molecule has 106 valence electrons. The summed E-state index contributed by atoms with van der Waals surface area (Å²) in [5.41, 5.74) is 1.17. The summed E-state index contributed by atoms with van der Waals surface area (Å²) in [5, 5.41) is 2.85. The van der Waals surface area contributed by atoms with Crippen LogP contribution in [0, 0.1) is 5.92 Å². The monoisotopic (exact) mass is 336 g/mol. The molecule has 0 aliphatic heterocycles. The largest absolute Gasteiger partial charge is 0.491 e. The van der Waals surface area contributed by atoms with Crippen LogP contribution in [-0.2, 0) is 0 Å². The van der Waals surface area contributed by atoms with Gasteiger partial charge in [-0.15, -0.1) is 0 Å². The first-order chi connectivity index (χ1) is 9.56. The van der Waals surface area contributed by atoms with Crippen molar-refractivity contribution in [2.45, 2.75) is 13.8 Å². The minimum atomic E-state index is -0.198. The highest BCUT2D eigenvalue weighted by molar-refractivity contribution is 9.10. The van der Waals surface area contributed by atoms with E-state index in [9.17, 15) is 4.79 Å². The average Bonchev–Trinajstić information content (AvgIpc) is 2.84. The molecule has 0 atom stereocenters. The number of para-hydroxylation sites is 2. The normalized spacial score (nSPS) is 10.6. The number of hydrogen-bond donors (Lipinski definition) is 2. The van der Waals surface area contributed by atoms with Gasteiger partial charge in [0.1, 0.15) is 11.4 Å². The third-order valence-corrected chi connectivity index (χ3v) is 3.06. The van der Waals surface area contributed by atoms with Crippen LogP contribution < -0.4 is 10.1 Å². The van der Waals surface area contributed by atoms with Crippen LogP contribution in [0.25, 0.3) is 0 Å². The number of nitrogens with one attached hydrogen (secondary N) is 2. The predicted octanol–water partition coefficient (Wildman–Crippen LogP) is 4.06. The number of rotatable bonds is 5. The summed E-state index contributed by atoms with van der Waals surface area (Å²) in [6.45, 7) is 4.77. The fourth-order valence-electron chi connectivity index (χ4n) is 1.64. The number of carbonyl (C=O) groups is 1. The van der Waals surface area contributed by atoms with Crippen LogP contribution >= 0.6 is 15.9 Å². The minimum absolute atomic E-state index is 0.198. The summed E-state index contributed by atoms with van der Waals surface area (Å²) in [7, 11) is 0. The number of aromatic nitrogens is 1. The van der Waals surface area contributed by atoms with Crippen LogP contribution in [0.3, 0.4) is 0 Å². The highest BCUT2D eigenvalue weighted by atomic mass is 79.9. The Morgan fingerprint density at radius 3 is 2.80 bits per heavy atom. The fraction of sp³-hybridized carbons (Fsp3) is 0.267. The molecule has 2 N–H and O–H groups in total. The van der Waals surface area contributed by atoms with Gasteiger partial charge in [-0.1, -0.05) is 26.0 Å². The second kappa shape index (κ2) is 6.61. The van der Waals surface area contributed by atoms with Gasteiger partial charge in [0.15, 0.2) is 0 Å². The van der Waals surface area contributed by atoms with E-state index >= 15 is 0 Å². The van der Waals surface area contributed by atoms with Crippen molar-refractivity contribution >= 4 is 27.5 Å². The van der Waals surface area contributed by atoms with Gasteiger partial charge in [-0.25, -0.2) is 0 Å². The van der Waals surface area contributed by atoms with Gasteiger partial charge in [0.05, 0.1) is 12.3 Å². The fourth-order valence-corrected chi connectivity index (χ4v) is 1.98. The second-order valence-electron chi connectivity index (χ2n) is 4.89. The van der Waals surface area contributed by atoms with Gasteiger partial charge >= 0.3 is 0 Å². The molecule has 1 amide bonds. The van der Waals surface area contributed by atoms with Crippen molar-refractivity contribution in [2.24, 2.45) is 5.92 Å². The molecule has 4 nitrogen and oxygen atoms in total. The predicted molar refractivity (Wildman–Crippen MR) is 83.2 cm³/mol. The minimum Gasteiger partial charge on any atom is -0.491 e. The highest BCUT2D eigenvalue weighted by Crippen LogP contribution is 2.25. The lowest BCUT2D eigenvalue weighted by atomic mass is 10.2. The molecule has 0 radical (unpaired) electrons. The zero-order valence-corrected chi connectivity index (χ0v) is 13.0. The number of hydrogen-bond acceptors (Lipinski definition) is 2. The second-order valence-corrected chi connectivity index (χ2v) is 5.80. The van der Waals surface area contributed by atoms with Crippen molar-refractivity contribution in [1.29, 1.82) is 0 Å². The summed E-state index contributed by atoms with van der Waals surface area (Å²) >= 11 is 3.31. The van der Waals surface area contributed by atoms with E-state index in [4.69, 9.17) is 4.74 Å². The molecule has 0 saturated heterocycles. The quantitative estimate of drug-likeness (QED) is 0.864. The Kier molecular flexibility index (Phi) is 4.84. The summed E-state index contributed by atoms with van der Waals surface area (Å²) in [5.74, 6) is 0.912. The van der Waals surface area contributed by atoms with Crippen molar-refractivity contribution in [3.05, 3.63) is 46.7 Å². The zero-order valence-electron chi connectivity index (χ0n) is 11.4. The van der Waals surface area contributed by atoms with E-state index in [2.05, 4.69) is 40.1 Å². The highest BCUT2D eigenvalue weighted by Gasteiger charge is 2.11. The van der Waals surface area contributed by atoms with Gasteiger partial charge in [-0.3, -0.25) is 4.79 Å². The van der Waals surface area contributed by atoms with Crippen LogP contribution in [0.1, 0.15) is 24.3 Å². The maximum Gasteiger partial charge on any atom is 0.272 e. The zero-order chi connectivity index (χ0) is 14.5. The van der Waals surface area contributed by atoms with Crippen LogP contribution in [0.5, 0.6) is 5.75 Å². The van der Waals surface area contributed by atoms with E-state index in [0.29, 0.717) is 29.7 Å². The van der Waals surface area contributed by atoms with Crippen molar-refractivity contribution in [3.63, 3.8) is 0 Å². The Hall–Kier alpha value is -1.75. The molecule has 0 bridgehead atoms. The van der Waals surface area contributed by atoms with E-state index in [0.717, 1.165) is 4.47 Å². The third kappa shape index (κ3) is 3.87. The molecule has 5 heteroatoms. The number of carbonyl (C=O) groups excluding carboxylic acids is 1. The van der Waals surface area contributed by atoms with Crippen molar-refractivity contribution < 1.29 is 9.53 Å². The molecule has 0 spiro atoms. The summed E-state index contributed by atoms with van der Waals surface area (Å²) in [4.78, 5) is 15.0. The Bertz CT molecular complexity index is 593. The van der Waals surface area contributed by atoms with Gasteiger partial charge in [-0.2, -0.15) is 0 Å². The SMILES string of the molecule is CC(C)COc1ccccc1NC(=O)c1cc(Br)c[nH]1. The number of H-pyrrole nitrogens is 1. The molecule has 2 aromatic rings. The topological polar surface area (TPSA) is 54.1 Å². The number of anilines is 1. The third-order valence-electron chi connectivity index (χ3n) is 2.60. The first-order valence-corrected chi connectivity index (χ1v) is 7.22. The molecule has 0 aliphatic rings. The molecule has 2 rings (SSSR count). The first-order valence-electron chi connectivity index (χ1n) is 6.43.